The van der Waals surface area contributed by atoms with Gasteiger partial charge < -0.3 is 0 Å². The molecule has 0 N–H and O–H groups in total. The van der Waals surface area contributed by atoms with E-state index in [1.807, 2.05) is 0 Å². The van der Waals surface area contributed by atoms with E-state index in [2.05, 4.69) is 9.98 Å². The van der Waals surface area contributed by atoms with E-state index in [-0.39, 0.29) is 12.1 Å². The number of rotatable bonds is 2. The maximum Gasteiger partial charge on any atom is 0.235 e. The molecule has 0 aliphatic heterocycles. The molecule has 1 aliphatic rings. The van der Waals surface area contributed by atoms with Gasteiger partial charge in [0, 0.05) is 0 Å². The summed E-state index contributed by atoms with van der Waals surface area (Å²) in [5, 5.41) is 0. The highest BCUT2D eigenvalue weighted by molar-refractivity contribution is 5.36. The molecule has 0 aromatic heterocycles. The van der Waals surface area contributed by atoms with Gasteiger partial charge in [-0.3, -0.25) is 0 Å². The molecular weight excluding hydrogens is 144 g/mol. The van der Waals surface area contributed by atoms with Crippen LogP contribution < -0.4 is 0 Å². The lowest BCUT2D eigenvalue weighted by molar-refractivity contribution is 0.536. The van der Waals surface area contributed by atoms with Crippen molar-refractivity contribution in [3.05, 3.63) is 0 Å². The predicted octanol–water partition coefficient (Wildman–Crippen LogP) is 0.579. The zero-order valence-electron chi connectivity index (χ0n) is 5.99. The second kappa shape index (κ2) is 3.81. The summed E-state index contributed by atoms with van der Waals surface area (Å²) < 4.78 is 0. The normalized spacial score (nSPS) is 28.7. The number of aliphatic imine (C=N–C) groups is 2. The molecule has 0 saturated heterocycles. The topological polar surface area (TPSA) is 58.9 Å². The third-order valence-electron chi connectivity index (χ3n) is 1.88. The van der Waals surface area contributed by atoms with Gasteiger partial charge in [0.1, 0.15) is 0 Å². The molecule has 0 radical (unpaired) electrons. The first-order chi connectivity index (χ1) is 5.38. The molecule has 0 heterocycles. The van der Waals surface area contributed by atoms with Gasteiger partial charge >= 0.3 is 0 Å². The highest BCUT2D eigenvalue weighted by atomic mass is 16.1. The van der Waals surface area contributed by atoms with E-state index in [1.54, 1.807) is 0 Å². The molecule has 2 atom stereocenters. The summed E-state index contributed by atoms with van der Waals surface area (Å²) in [6, 6.07) is -0.261. The minimum Gasteiger partial charge on any atom is -0.211 e. The lowest BCUT2D eigenvalue weighted by atomic mass is 10.2. The van der Waals surface area contributed by atoms with Crippen molar-refractivity contribution in [1.29, 1.82) is 0 Å². The Morgan fingerprint density at radius 3 is 1.82 bits per heavy atom. The van der Waals surface area contributed by atoms with Crippen LogP contribution in [0.1, 0.15) is 19.3 Å². The summed E-state index contributed by atoms with van der Waals surface area (Å²) in [6.07, 6.45) is 5.58. The number of nitrogens with zero attached hydrogens (tertiary/aromatic N) is 2. The zero-order chi connectivity index (χ0) is 8.10. The van der Waals surface area contributed by atoms with Crippen LogP contribution in [0.25, 0.3) is 0 Å². The number of hydrogen-bond donors (Lipinski definition) is 0. The van der Waals surface area contributed by atoms with Gasteiger partial charge in [0.15, 0.2) is 0 Å². The van der Waals surface area contributed by atoms with Crippen LogP contribution in [0, 0.1) is 0 Å². The fraction of sp³-hybridized carbons (Fsp3) is 0.714. The minimum atomic E-state index is -0.131. The van der Waals surface area contributed by atoms with Crippen molar-refractivity contribution in [3.8, 4) is 0 Å². The smallest absolute Gasteiger partial charge is 0.211 e. The number of isocyanates is 2. The molecule has 0 amide bonds. The molecule has 0 aromatic rings. The lowest BCUT2D eigenvalue weighted by Crippen LogP contribution is -2.14. The van der Waals surface area contributed by atoms with Crippen LogP contribution in [-0.4, -0.2) is 24.2 Å². The Labute approximate surface area is 64.0 Å². The highest BCUT2D eigenvalue weighted by Gasteiger charge is 2.26. The van der Waals surface area contributed by atoms with Crippen molar-refractivity contribution in [2.24, 2.45) is 9.98 Å². The van der Waals surface area contributed by atoms with Crippen molar-refractivity contribution in [1.82, 2.24) is 0 Å². The molecule has 0 aromatic carbocycles. The van der Waals surface area contributed by atoms with Gasteiger partial charge in [-0.25, -0.2) is 19.6 Å². The van der Waals surface area contributed by atoms with Crippen LogP contribution in [0.2, 0.25) is 0 Å². The Kier molecular flexibility index (Phi) is 2.73. The third-order valence-corrected chi connectivity index (χ3v) is 1.88. The summed E-state index contributed by atoms with van der Waals surface area (Å²) in [4.78, 5) is 26.8. The Balaban J connectivity index is 2.64. The Hall–Kier alpha value is -1.24. The van der Waals surface area contributed by atoms with E-state index < -0.39 is 0 Å². The predicted molar refractivity (Wildman–Crippen MR) is 37.7 cm³/mol. The zero-order valence-corrected chi connectivity index (χ0v) is 5.99. The summed E-state index contributed by atoms with van der Waals surface area (Å²) in [5.41, 5.74) is 0. The van der Waals surface area contributed by atoms with E-state index in [4.69, 9.17) is 0 Å². The van der Waals surface area contributed by atoms with Gasteiger partial charge in [0.05, 0.1) is 12.1 Å². The van der Waals surface area contributed by atoms with Crippen molar-refractivity contribution in [2.45, 2.75) is 31.3 Å². The van der Waals surface area contributed by atoms with Gasteiger partial charge in [0.25, 0.3) is 0 Å². The molecular formula is C7H8N2O2. The standard InChI is InChI=1S/C7H8N2O2/c10-4-8-6-2-1-3-7(6)9-5-11/h6-7H,1-3H2/t6-,7-/m0/s1. The van der Waals surface area contributed by atoms with Crippen molar-refractivity contribution in [2.75, 3.05) is 0 Å². The first kappa shape index (κ1) is 7.86. The van der Waals surface area contributed by atoms with E-state index in [9.17, 15) is 9.59 Å². The first-order valence-corrected chi connectivity index (χ1v) is 3.52. The molecule has 1 aliphatic carbocycles. The van der Waals surface area contributed by atoms with E-state index in [0.717, 1.165) is 19.3 Å². The SMILES string of the molecule is O=C=N[C@H]1CCC[C@@H]1N=C=O. The fourth-order valence-electron chi connectivity index (χ4n) is 1.36. The third kappa shape index (κ3) is 1.84. The van der Waals surface area contributed by atoms with E-state index in [0.29, 0.717) is 0 Å². The molecule has 58 valence electrons. The molecule has 4 nitrogen and oxygen atoms in total. The summed E-state index contributed by atoms with van der Waals surface area (Å²) >= 11 is 0. The van der Waals surface area contributed by atoms with Gasteiger partial charge in [-0.15, -0.1) is 0 Å². The summed E-state index contributed by atoms with van der Waals surface area (Å²) in [7, 11) is 0. The average Bonchev–Trinajstić information content (AvgIpc) is 2.39. The molecule has 4 heteroatoms. The quantitative estimate of drug-likeness (QED) is 0.429. The summed E-state index contributed by atoms with van der Waals surface area (Å²) in [6.45, 7) is 0. The van der Waals surface area contributed by atoms with Crippen LogP contribution in [0.5, 0.6) is 0 Å². The Morgan fingerprint density at radius 1 is 1.00 bits per heavy atom. The van der Waals surface area contributed by atoms with Crippen LogP contribution in [0.15, 0.2) is 9.98 Å². The molecule has 1 fully saturated rings. The summed E-state index contributed by atoms with van der Waals surface area (Å²) in [5.74, 6) is 0. The minimum absolute atomic E-state index is 0.131. The van der Waals surface area contributed by atoms with E-state index >= 15 is 0 Å². The molecule has 1 saturated carbocycles. The lowest BCUT2D eigenvalue weighted by Gasteiger charge is -2.04. The van der Waals surface area contributed by atoms with Crippen molar-refractivity contribution < 1.29 is 9.59 Å². The monoisotopic (exact) mass is 152 g/mol. The molecule has 0 bridgehead atoms. The number of carbonyl (C=O) groups excluding carboxylic acids is 2. The Bertz CT molecular complexity index is 203. The van der Waals surface area contributed by atoms with Gasteiger partial charge in [-0.05, 0) is 19.3 Å². The fourth-order valence-corrected chi connectivity index (χ4v) is 1.36. The molecule has 11 heavy (non-hydrogen) atoms. The maximum atomic E-state index is 9.88. The van der Waals surface area contributed by atoms with Crippen LogP contribution in [0.3, 0.4) is 0 Å². The van der Waals surface area contributed by atoms with Gasteiger partial charge in [-0.1, -0.05) is 0 Å². The van der Waals surface area contributed by atoms with Gasteiger partial charge in [-0.2, -0.15) is 0 Å². The first-order valence-electron chi connectivity index (χ1n) is 3.52. The van der Waals surface area contributed by atoms with E-state index in [1.165, 1.54) is 12.2 Å². The average molecular weight is 152 g/mol. The maximum absolute atomic E-state index is 9.88. The Morgan fingerprint density at radius 2 is 1.45 bits per heavy atom. The van der Waals surface area contributed by atoms with Gasteiger partial charge in [0.2, 0.25) is 12.2 Å². The number of hydrogen-bond acceptors (Lipinski definition) is 4. The second-order valence-electron chi connectivity index (χ2n) is 2.51. The van der Waals surface area contributed by atoms with Crippen molar-refractivity contribution >= 4 is 12.2 Å². The van der Waals surface area contributed by atoms with Crippen LogP contribution in [-0.2, 0) is 9.59 Å². The van der Waals surface area contributed by atoms with Crippen LogP contribution in [0.4, 0.5) is 0 Å². The highest BCUT2D eigenvalue weighted by Crippen LogP contribution is 2.23. The van der Waals surface area contributed by atoms with Crippen molar-refractivity contribution in [3.63, 3.8) is 0 Å². The van der Waals surface area contributed by atoms with Crippen LogP contribution >= 0.6 is 0 Å². The molecule has 1 rings (SSSR count). The second-order valence-corrected chi connectivity index (χ2v) is 2.51. The molecule has 0 spiro atoms. The largest absolute Gasteiger partial charge is 0.235 e. The molecule has 0 unspecified atom stereocenters.